The molecule has 122 valence electrons. The molecule has 6 heteroatoms. The lowest BCUT2D eigenvalue weighted by atomic mass is 10.1. The van der Waals surface area contributed by atoms with Gasteiger partial charge in [-0.1, -0.05) is 42.5 Å². The first kappa shape index (κ1) is 14.6. The van der Waals surface area contributed by atoms with Crippen LogP contribution >= 0.6 is 0 Å². The molecule has 1 N–H and O–H groups in total. The summed E-state index contributed by atoms with van der Waals surface area (Å²) in [5.74, 6) is 3.02. The fourth-order valence-electron chi connectivity index (χ4n) is 2.70. The van der Waals surface area contributed by atoms with Gasteiger partial charge in [-0.2, -0.15) is 4.98 Å². The van der Waals surface area contributed by atoms with E-state index < -0.39 is 0 Å². The van der Waals surface area contributed by atoms with Crippen LogP contribution in [0.15, 0.2) is 48.5 Å². The molecular formula is C18H18N4O2. The molecule has 24 heavy (non-hydrogen) atoms. The molecule has 0 saturated carbocycles. The normalized spacial score (nSPS) is 12.9. The molecule has 1 aromatic heterocycles. The van der Waals surface area contributed by atoms with Crippen molar-refractivity contribution in [2.75, 3.05) is 18.5 Å². The number of benzene rings is 2. The maximum Gasteiger partial charge on any atom is 0.221 e. The van der Waals surface area contributed by atoms with Gasteiger partial charge in [0.15, 0.2) is 17.3 Å². The Morgan fingerprint density at radius 3 is 2.75 bits per heavy atom. The highest BCUT2D eigenvalue weighted by atomic mass is 16.6. The SMILES string of the molecule is Cn1nc(-c2ccccc2)nc1NCc1cccc2c1OCCO2. The van der Waals surface area contributed by atoms with Crippen molar-refractivity contribution in [1.29, 1.82) is 0 Å². The molecule has 3 aromatic rings. The lowest BCUT2D eigenvalue weighted by molar-refractivity contribution is 0.170. The molecule has 0 aliphatic carbocycles. The number of fused-ring (bicyclic) bond motifs is 1. The highest BCUT2D eigenvalue weighted by molar-refractivity contribution is 5.56. The number of ether oxygens (including phenoxy) is 2. The van der Waals surface area contributed by atoms with Gasteiger partial charge in [0.2, 0.25) is 5.95 Å². The lowest BCUT2D eigenvalue weighted by Gasteiger charge is -2.21. The minimum Gasteiger partial charge on any atom is -0.486 e. The van der Waals surface area contributed by atoms with E-state index in [-0.39, 0.29) is 0 Å². The Balaban J connectivity index is 1.54. The smallest absolute Gasteiger partial charge is 0.221 e. The molecule has 1 aliphatic rings. The van der Waals surface area contributed by atoms with Crippen molar-refractivity contribution >= 4 is 5.95 Å². The van der Waals surface area contributed by atoms with E-state index in [1.54, 1.807) is 4.68 Å². The first-order chi connectivity index (χ1) is 11.8. The van der Waals surface area contributed by atoms with E-state index in [1.807, 2.05) is 55.6 Å². The van der Waals surface area contributed by atoms with E-state index in [1.165, 1.54) is 0 Å². The molecule has 0 bridgehead atoms. The molecule has 2 heterocycles. The van der Waals surface area contributed by atoms with E-state index >= 15 is 0 Å². The standard InChI is InChI=1S/C18H18N4O2/c1-22-18(20-17(21-22)13-6-3-2-4-7-13)19-12-14-8-5-9-15-16(14)24-11-10-23-15/h2-9H,10-12H2,1H3,(H,19,20,21). The van der Waals surface area contributed by atoms with E-state index in [2.05, 4.69) is 15.4 Å². The first-order valence-electron chi connectivity index (χ1n) is 7.89. The number of nitrogens with one attached hydrogen (secondary N) is 1. The summed E-state index contributed by atoms with van der Waals surface area (Å²) >= 11 is 0. The quantitative estimate of drug-likeness (QED) is 0.800. The van der Waals surface area contributed by atoms with Crippen LogP contribution in [0.5, 0.6) is 11.5 Å². The number of hydrogen-bond donors (Lipinski definition) is 1. The van der Waals surface area contributed by atoms with E-state index in [4.69, 9.17) is 9.47 Å². The van der Waals surface area contributed by atoms with Gasteiger partial charge < -0.3 is 14.8 Å². The van der Waals surface area contributed by atoms with Crippen molar-refractivity contribution in [3.63, 3.8) is 0 Å². The number of aryl methyl sites for hydroxylation is 1. The van der Waals surface area contributed by atoms with Gasteiger partial charge in [0, 0.05) is 24.7 Å². The average Bonchev–Trinajstić information content (AvgIpc) is 3.01. The summed E-state index contributed by atoms with van der Waals surface area (Å²) in [7, 11) is 1.88. The highest BCUT2D eigenvalue weighted by Crippen LogP contribution is 2.33. The van der Waals surface area contributed by atoms with E-state index in [9.17, 15) is 0 Å². The maximum atomic E-state index is 5.74. The molecule has 0 spiro atoms. The lowest BCUT2D eigenvalue weighted by Crippen LogP contribution is -2.17. The highest BCUT2D eigenvalue weighted by Gasteiger charge is 2.16. The Morgan fingerprint density at radius 2 is 1.88 bits per heavy atom. The van der Waals surface area contributed by atoms with Gasteiger partial charge in [0.25, 0.3) is 0 Å². The maximum absolute atomic E-state index is 5.74. The van der Waals surface area contributed by atoms with Gasteiger partial charge in [-0.3, -0.25) is 0 Å². The molecular weight excluding hydrogens is 304 g/mol. The minimum atomic E-state index is 0.576. The fourth-order valence-corrected chi connectivity index (χ4v) is 2.70. The van der Waals surface area contributed by atoms with Gasteiger partial charge >= 0.3 is 0 Å². The molecule has 0 amide bonds. The third-order valence-corrected chi connectivity index (χ3v) is 3.88. The zero-order valence-electron chi connectivity index (χ0n) is 13.4. The second kappa shape index (κ2) is 6.23. The molecule has 0 unspecified atom stereocenters. The number of nitrogens with zero attached hydrogens (tertiary/aromatic N) is 3. The zero-order chi connectivity index (χ0) is 16.4. The van der Waals surface area contributed by atoms with Crippen molar-refractivity contribution in [2.24, 2.45) is 7.05 Å². The second-order valence-electron chi connectivity index (χ2n) is 5.54. The first-order valence-corrected chi connectivity index (χ1v) is 7.89. The Bertz CT molecular complexity index is 845. The topological polar surface area (TPSA) is 61.2 Å². The molecule has 0 fully saturated rings. The number of para-hydroxylation sites is 1. The summed E-state index contributed by atoms with van der Waals surface area (Å²) < 4.78 is 13.1. The summed E-state index contributed by atoms with van der Waals surface area (Å²) in [6.07, 6.45) is 0. The summed E-state index contributed by atoms with van der Waals surface area (Å²) in [4.78, 5) is 4.58. The summed E-state index contributed by atoms with van der Waals surface area (Å²) in [5.41, 5.74) is 2.03. The molecule has 2 aromatic carbocycles. The van der Waals surface area contributed by atoms with Gasteiger partial charge in [-0.25, -0.2) is 4.68 Å². The van der Waals surface area contributed by atoms with Crippen LogP contribution in [0.25, 0.3) is 11.4 Å². The average molecular weight is 322 g/mol. The second-order valence-corrected chi connectivity index (χ2v) is 5.54. The van der Waals surface area contributed by atoms with Crippen molar-refractivity contribution in [3.05, 3.63) is 54.1 Å². The molecule has 6 nitrogen and oxygen atoms in total. The van der Waals surface area contributed by atoms with Crippen molar-refractivity contribution in [2.45, 2.75) is 6.54 Å². The number of rotatable bonds is 4. The molecule has 0 saturated heterocycles. The van der Waals surface area contributed by atoms with Gasteiger partial charge in [-0.05, 0) is 6.07 Å². The number of aromatic nitrogens is 3. The third kappa shape index (κ3) is 2.78. The van der Waals surface area contributed by atoms with Crippen LogP contribution in [-0.4, -0.2) is 28.0 Å². The van der Waals surface area contributed by atoms with Crippen LogP contribution in [-0.2, 0) is 13.6 Å². The molecule has 1 aliphatic heterocycles. The summed E-state index contributed by atoms with van der Waals surface area (Å²) in [6, 6.07) is 15.8. The molecule has 0 atom stereocenters. The van der Waals surface area contributed by atoms with Crippen LogP contribution in [0.4, 0.5) is 5.95 Å². The molecule has 4 rings (SSSR count). The minimum absolute atomic E-state index is 0.576. The Labute approximate surface area is 140 Å². The predicted molar refractivity (Wildman–Crippen MR) is 91.2 cm³/mol. The van der Waals surface area contributed by atoms with Crippen LogP contribution in [0.3, 0.4) is 0 Å². The Hall–Kier alpha value is -3.02. The van der Waals surface area contributed by atoms with Crippen molar-refractivity contribution in [1.82, 2.24) is 14.8 Å². The van der Waals surface area contributed by atoms with Crippen molar-refractivity contribution < 1.29 is 9.47 Å². The van der Waals surface area contributed by atoms with E-state index in [0.29, 0.717) is 31.5 Å². The summed E-state index contributed by atoms with van der Waals surface area (Å²) in [5, 5.41) is 7.79. The third-order valence-electron chi connectivity index (χ3n) is 3.88. The van der Waals surface area contributed by atoms with Crippen LogP contribution < -0.4 is 14.8 Å². The Morgan fingerprint density at radius 1 is 1.04 bits per heavy atom. The van der Waals surface area contributed by atoms with Crippen molar-refractivity contribution in [3.8, 4) is 22.9 Å². The van der Waals surface area contributed by atoms with Gasteiger partial charge in [0.1, 0.15) is 13.2 Å². The molecule has 0 radical (unpaired) electrons. The summed E-state index contributed by atoms with van der Waals surface area (Å²) in [6.45, 7) is 1.76. The van der Waals surface area contributed by atoms with Crippen LogP contribution in [0.1, 0.15) is 5.56 Å². The van der Waals surface area contributed by atoms with Gasteiger partial charge in [-0.15, -0.1) is 5.10 Å². The van der Waals surface area contributed by atoms with Crippen LogP contribution in [0, 0.1) is 0 Å². The monoisotopic (exact) mass is 322 g/mol. The number of hydrogen-bond acceptors (Lipinski definition) is 5. The largest absolute Gasteiger partial charge is 0.486 e. The Kier molecular flexibility index (Phi) is 3.78. The number of anilines is 1. The zero-order valence-corrected chi connectivity index (χ0v) is 13.4. The van der Waals surface area contributed by atoms with Gasteiger partial charge in [0.05, 0.1) is 0 Å². The van der Waals surface area contributed by atoms with E-state index in [0.717, 1.165) is 22.6 Å². The van der Waals surface area contributed by atoms with Crippen LogP contribution in [0.2, 0.25) is 0 Å². The predicted octanol–water partition coefficient (Wildman–Crippen LogP) is 2.87. The fraction of sp³-hybridized carbons (Fsp3) is 0.222.